The molecular weight excluding hydrogens is 260 g/mol. The summed E-state index contributed by atoms with van der Waals surface area (Å²) in [5.74, 6) is 1.20. The Balaban J connectivity index is 1.80. The third kappa shape index (κ3) is 3.89. The molecule has 1 aliphatic rings. The molecule has 0 unspecified atom stereocenters. The van der Waals surface area contributed by atoms with E-state index >= 15 is 0 Å². The van der Waals surface area contributed by atoms with E-state index < -0.39 is 0 Å². The van der Waals surface area contributed by atoms with Gasteiger partial charge in [-0.25, -0.2) is 4.79 Å². The smallest absolute Gasteiger partial charge is 0.319 e. The van der Waals surface area contributed by atoms with E-state index in [1.54, 1.807) is 6.20 Å². The lowest BCUT2D eigenvalue weighted by Gasteiger charge is -2.22. The number of anilines is 1. The monoisotopic (exact) mass is 282 g/mol. The van der Waals surface area contributed by atoms with Crippen LogP contribution in [0.4, 0.5) is 10.5 Å². The molecule has 0 aliphatic carbocycles. The minimum Gasteiger partial charge on any atom is -0.336 e. The summed E-state index contributed by atoms with van der Waals surface area (Å²) >= 11 is 1.94. The Kier molecular flexibility index (Phi) is 4.39. The van der Waals surface area contributed by atoms with Crippen LogP contribution in [0.3, 0.4) is 0 Å². The van der Waals surface area contributed by atoms with Crippen molar-refractivity contribution in [3.05, 3.63) is 12.4 Å². The van der Waals surface area contributed by atoms with Crippen LogP contribution in [0.15, 0.2) is 12.4 Å². The fourth-order valence-electron chi connectivity index (χ4n) is 2.10. The molecule has 1 aliphatic heterocycles. The minimum absolute atomic E-state index is 0.156. The Morgan fingerprint density at radius 3 is 3.00 bits per heavy atom. The third-order valence-corrected chi connectivity index (χ3v) is 4.85. The van der Waals surface area contributed by atoms with E-state index in [0.717, 1.165) is 5.69 Å². The Bertz CT molecular complexity index is 438. The van der Waals surface area contributed by atoms with E-state index in [4.69, 9.17) is 0 Å². The van der Waals surface area contributed by atoms with Crippen molar-refractivity contribution in [2.24, 2.45) is 0 Å². The van der Waals surface area contributed by atoms with Crippen molar-refractivity contribution in [3.8, 4) is 0 Å². The Hall–Kier alpha value is -1.17. The second-order valence-corrected chi connectivity index (χ2v) is 7.19. The van der Waals surface area contributed by atoms with Gasteiger partial charge in [0.2, 0.25) is 0 Å². The summed E-state index contributed by atoms with van der Waals surface area (Å²) in [5, 5.41) is 9.95. The van der Waals surface area contributed by atoms with Crippen molar-refractivity contribution in [1.82, 2.24) is 15.1 Å². The molecule has 2 heterocycles. The zero-order valence-corrected chi connectivity index (χ0v) is 12.6. The summed E-state index contributed by atoms with van der Waals surface area (Å²) in [5.41, 5.74) is 0.732. The number of hydrogen-bond donors (Lipinski definition) is 2. The first-order valence-electron chi connectivity index (χ1n) is 6.71. The Labute approximate surface area is 118 Å². The summed E-state index contributed by atoms with van der Waals surface area (Å²) in [6, 6.07) is 0.143. The van der Waals surface area contributed by atoms with Gasteiger partial charge in [0, 0.05) is 23.5 Å². The van der Waals surface area contributed by atoms with Crippen LogP contribution in [0.25, 0.3) is 0 Å². The number of thioether (sulfide) groups is 1. The Morgan fingerprint density at radius 1 is 1.63 bits per heavy atom. The largest absolute Gasteiger partial charge is 0.336 e. The molecule has 0 saturated carbocycles. The first kappa shape index (κ1) is 14.2. The van der Waals surface area contributed by atoms with E-state index in [-0.39, 0.29) is 10.8 Å². The molecule has 1 fully saturated rings. The van der Waals surface area contributed by atoms with Crippen molar-refractivity contribution in [2.45, 2.75) is 44.4 Å². The number of carbonyl (C=O) groups is 1. The molecule has 1 atom stereocenters. The molecule has 0 bridgehead atoms. The number of amides is 2. The van der Waals surface area contributed by atoms with Gasteiger partial charge in [-0.15, -0.1) is 0 Å². The number of hydrogen-bond acceptors (Lipinski definition) is 3. The van der Waals surface area contributed by atoms with Crippen LogP contribution in [-0.2, 0) is 0 Å². The van der Waals surface area contributed by atoms with Crippen molar-refractivity contribution in [3.63, 3.8) is 0 Å². The lowest BCUT2D eigenvalue weighted by Crippen LogP contribution is -2.39. The van der Waals surface area contributed by atoms with Gasteiger partial charge < -0.3 is 10.6 Å². The number of nitrogens with one attached hydrogen (secondary N) is 2. The fraction of sp³-hybridized carbons (Fsp3) is 0.692. The molecule has 0 aromatic carbocycles. The molecule has 0 spiro atoms. The molecule has 5 nitrogen and oxygen atoms in total. The molecule has 1 aromatic rings. The molecule has 2 N–H and O–H groups in total. The average Bonchev–Trinajstić information content (AvgIpc) is 2.97. The van der Waals surface area contributed by atoms with Gasteiger partial charge in [0.1, 0.15) is 0 Å². The summed E-state index contributed by atoms with van der Waals surface area (Å²) in [7, 11) is 0. The summed E-state index contributed by atoms with van der Waals surface area (Å²) in [4.78, 5) is 11.8. The topological polar surface area (TPSA) is 59.0 Å². The normalized spacial score (nSPS) is 22.7. The van der Waals surface area contributed by atoms with Crippen LogP contribution in [0.5, 0.6) is 0 Å². The predicted octanol–water partition coefficient (Wildman–Crippen LogP) is 2.87. The van der Waals surface area contributed by atoms with Crippen molar-refractivity contribution in [1.29, 1.82) is 0 Å². The zero-order valence-electron chi connectivity index (χ0n) is 11.8. The summed E-state index contributed by atoms with van der Waals surface area (Å²) in [6.45, 7) is 7.02. The molecule has 1 saturated heterocycles. The fourth-order valence-corrected chi connectivity index (χ4v) is 3.35. The summed E-state index contributed by atoms with van der Waals surface area (Å²) in [6.07, 6.45) is 5.93. The molecular formula is C13H22N4OS. The van der Waals surface area contributed by atoms with Crippen LogP contribution in [0.1, 0.15) is 39.7 Å². The quantitative estimate of drug-likeness (QED) is 0.892. The van der Waals surface area contributed by atoms with Gasteiger partial charge in [-0.05, 0) is 39.4 Å². The highest BCUT2D eigenvalue weighted by molar-refractivity contribution is 8.00. The highest BCUT2D eigenvalue weighted by atomic mass is 32.2. The average molecular weight is 282 g/mol. The van der Waals surface area contributed by atoms with E-state index in [0.29, 0.717) is 12.6 Å². The van der Waals surface area contributed by atoms with Crippen LogP contribution < -0.4 is 10.6 Å². The van der Waals surface area contributed by atoms with E-state index in [9.17, 15) is 4.79 Å². The molecule has 6 heteroatoms. The zero-order chi connectivity index (χ0) is 13.9. The first-order valence-corrected chi connectivity index (χ1v) is 7.70. The van der Waals surface area contributed by atoms with Crippen molar-refractivity contribution >= 4 is 23.5 Å². The minimum atomic E-state index is -0.156. The molecule has 0 radical (unpaired) electrons. The maximum atomic E-state index is 11.8. The highest BCUT2D eigenvalue weighted by Gasteiger charge is 2.29. The highest BCUT2D eigenvalue weighted by Crippen LogP contribution is 2.36. The van der Waals surface area contributed by atoms with E-state index in [1.807, 2.05) is 22.6 Å². The molecule has 2 amide bonds. The maximum Gasteiger partial charge on any atom is 0.319 e. The van der Waals surface area contributed by atoms with E-state index in [2.05, 4.69) is 36.5 Å². The van der Waals surface area contributed by atoms with Crippen LogP contribution in [0.2, 0.25) is 0 Å². The molecule has 106 valence electrons. The van der Waals surface area contributed by atoms with Gasteiger partial charge in [-0.3, -0.25) is 4.68 Å². The SMILES string of the molecule is CC(C)n1cc(NC(=O)NC[C@@]2(C)CCCS2)cn1. The third-order valence-electron chi connectivity index (χ3n) is 3.31. The van der Waals surface area contributed by atoms with Crippen LogP contribution >= 0.6 is 11.8 Å². The van der Waals surface area contributed by atoms with Crippen LogP contribution in [0, 0.1) is 0 Å². The van der Waals surface area contributed by atoms with Gasteiger partial charge in [0.25, 0.3) is 0 Å². The van der Waals surface area contributed by atoms with Crippen LogP contribution in [-0.4, -0.2) is 32.9 Å². The lowest BCUT2D eigenvalue weighted by molar-refractivity contribution is 0.251. The molecule has 2 rings (SSSR count). The number of carbonyl (C=O) groups excluding carboxylic acids is 1. The molecule has 1 aromatic heterocycles. The summed E-state index contributed by atoms with van der Waals surface area (Å²) < 4.78 is 2.02. The van der Waals surface area contributed by atoms with Gasteiger partial charge in [-0.2, -0.15) is 16.9 Å². The Morgan fingerprint density at radius 2 is 2.42 bits per heavy atom. The lowest BCUT2D eigenvalue weighted by atomic mass is 10.1. The van der Waals surface area contributed by atoms with Gasteiger partial charge in [-0.1, -0.05) is 0 Å². The van der Waals surface area contributed by atoms with Gasteiger partial charge in [0.05, 0.1) is 11.9 Å². The van der Waals surface area contributed by atoms with E-state index in [1.165, 1.54) is 18.6 Å². The maximum absolute atomic E-state index is 11.8. The van der Waals surface area contributed by atoms with Crippen molar-refractivity contribution < 1.29 is 4.79 Å². The van der Waals surface area contributed by atoms with Gasteiger partial charge in [0.15, 0.2) is 0 Å². The standard InChI is InChI=1S/C13H22N4OS/c1-10(2)17-8-11(7-15-17)16-12(18)14-9-13(3)5-4-6-19-13/h7-8,10H,4-6,9H2,1-3H3,(H2,14,16,18)/t13-/m1/s1. The number of rotatable bonds is 4. The van der Waals surface area contributed by atoms with Gasteiger partial charge >= 0.3 is 6.03 Å². The molecule has 19 heavy (non-hydrogen) atoms. The number of aromatic nitrogens is 2. The van der Waals surface area contributed by atoms with Crippen molar-refractivity contribution in [2.75, 3.05) is 17.6 Å². The second kappa shape index (κ2) is 5.86. The predicted molar refractivity (Wildman–Crippen MR) is 79.7 cm³/mol. The number of urea groups is 1. The first-order chi connectivity index (χ1) is 8.98. The second-order valence-electron chi connectivity index (χ2n) is 5.51. The number of nitrogens with zero attached hydrogens (tertiary/aromatic N) is 2.